The summed E-state index contributed by atoms with van der Waals surface area (Å²) in [5, 5.41) is 0.502. The fourth-order valence-corrected chi connectivity index (χ4v) is 4.73. The standard InChI is InChI=1S/C23H26FN3O5S.ClH/c1-29-18-12-15(13-19(30-2)21(18)31-3)22(28)27(7-6-26-8-10-32-11-9-26)23-25-17-5-4-16(24)14-20(17)33-23;/h4-5,12-14H,6-11H2,1-3H3;1H. The number of fused-ring (bicyclic) bond motifs is 1. The normalized spacial score (nSPS) is 13.9. The molecule has 34 heavy (non-hydrogen) atoms. The first-order valence-corrected chi connectivity index (χ1v) is 11.3. The average molecular weight is 512 g/mol. The van der Waals surface area contributed by atoms with E-state index in [9.17, 15) is 9.18 Å². The van der Waals surface area contributed by atoms with E-state index < -0.39 is 0 Å². The number of anilines is 1. The lowest BCUT2D eigenvalue weighted by Crippen LogP contribution is -2.43. The van der Waals surface area contributed by atoms with Crippen molar-refractivity contribution in [1.29, 1.82) is 0 Å². The van der Waals surface area contributed by atoms with Crippen LogP contribution in [0.2, 0.25) is 0 Å². The second-order valence-corrected chi connectivity index (χ2v) is 8.44. The van der Waals surface area contributed by atoms with Crippen LogP contribution in [0.15, 0.2) is 30.3 Å². The summed E-state index contributed by atoms with van der Waals surface area (Å²) < 4.78 is 36.1. The molecule has 2 aromatic carbocycles. The van der Waals surface area contributed by atoms with Gasteiger partial charge in [0.2, 0.25) is 5.75 Å². The third kappa shape index (κ3) is 5.52. The quantitative estimate of drug-likeness (QED) is 0.454. The Kier molecular flexibility index (Phi) is 8.90. The van der Waals surface area contributed by atoms with Gasteiger partial charge in [0.05, 0.1) is 44.8 Å². The van der Waals surface area contributed by atoms with E-state index in [2.05, 4.69) is 9.88 Å². The average Bonchev–Trinajstić information content (AvgIpc) is 3.26. The third-order valence-electron chi connectivity index (χ3n) is 5.47. The molecule has 1 amide bonds. The molecule has 1 aromatic heterocycles. The van der Waals surface area contributed by atoms with Gasteiger partial charge >= 0.3 is 0 Å². The molecule has 0 radical (unpaired) electrons. The maximum Gasteiger partial charge on any atom is 0.260 e. The Labute approximate surface area is 207 Å². The summed E-state index contributed by atoms with van der Waals surface area (Å²) in [6.07, 6.45) is 0. The highest BCUT2D eigenvalue weighted by Gasteiger charge is 2.25. The van der Waals surface area contributed by atoms with Crippen LogP contribution in [-0.2, 0) is 4.74 Å². The zero-order chi connectivity index (χ0) is 23.4. The second kappa shape index (κ2) is 11.7. The predicted octanol–water partition coefficient (Wildman–Crippen LogP) is 3.86. The molecule has 1 fully saturated rings. The van der Waals surface area contributed by atoms with Gasteiger partial charge in [-0.15, -0.1) is 12.4 Å². The number of hydrogen-bond donors (Lipinski definition) is 0. The van der Waals surface area contributed by atoms with Crippen LogP contribution >= 0.6 is 23.7 Å². The first kappa shape index (κ1) is 26.0. The van der Waals surface area contributed by atoms with E-state index >= 15 is 0 Å². The molecule has 1 saturated heterocycles. The van der Waals surface area contributed by atoms with Crippen LogP contribution in [0.5, 0.6) is 17.2 Å². The number of benzene rings is 2. The number of aromatic nitrogens is 1. The molecule has 0 N–H and O–H groups in total. The Hall–Kier alpha value is -2.66. The topological polar surface area (TPSA) is 73.4 Å². The lowest BCUT2D eigenvalue weighted by Gasteiger charge is -2.29. The number of methoxy groups -OCH3 is 3. The van der Waals surface area contributed by atoms with E-state index in [0.717, 1.165) is 13.1 Å². The summed E-state index contributed by atoms with van der Waals surface area (Å²) in [7, 11) is 4.52. The van der Waals surface area contributed by atoms with Gasteiger partial charge in [-0.2, -0.15) is 0 Å². The van der Waals surface area contributed by atoms with Crippen LogP contribution < -0.4 is 19.1 Å². The zero-order valence-corrected chi connectivity index (χ0v) is 20.8. The van der Waals surface area contributed by atoms with Gasteiger partial charge in [-0.25, -0.2) is 9.37 Å². The van der Waals surface area contributed by atoms with Gasteiger partial charge in [0.15, 0.2) is 16.6 Å². The van der Waals surface area contributed by atoms with Crippen molar-refractivity contribution in [2.45, 2.75) is 0 Å². The number of rotatable bonds is 8. The summed E-state index contributed by atoms with van der Waals surface area (Å²) >= 11 is 1.28. The molecule has 8 nitrogen and oxygen atoms in total. The molecule has 184 valence electrons. The molecule has 4 rings (SSSR count). The Morgan fingerprint density at radius 1 is 1.12 bits per heavy atom. The Morgan fingerprint density at radius 3 is 2.41 bits per heavy atom. The predicted molar refractivity (Wildman–Crippen MR) is 132 cm³/mol. The molecule has 2 heterocycles. The summed E-state index contributed by atoms with van der Waals surface area (Å²) in [6.45, 7) is 4.01. The van der Waals surface area contributed by atoms with Gasteiger partial charge in [0.25, 0.3) is 5.91 Å². The second-order valence-electron chi connectivity index (χ2n) is 7.43. The van der Waals surface area contributed by atoms with Crippen molar-refractivity contribution in [2.75, 3.05) is 65.6 Å². The van der Waals surface area contributed by atoms with Gasteiger partial charge in [-0.3, -0.25) is 14.6 Å². The maximum absolute atomic E-state index is 13.7. The van der Waals surface area contributed by atoms with Gasteiger partial charge in [-0.1, -0.05) is 11.3 Å². The number of morpholine rings is 1. The van der Waals surface area contributed by atoms with E-state index in [1.165, 1.54) is 44.8 Å². The number of carbonyl (C=O) groups excluding carboxylic acids is 1. The smallest absolute Gasteiger partial charge is 0.260 e. The van der Waals surface area contributed by atoms with E-state index in [1.54, 1.807) is 23.1 Å². The molecular formula is C23H27ClFN3O5S. The van der Waals surface area contributed by atoms with E-state index in [4.69, 9.17) is 18.9 Å². The summed E-state index contributed by atoms with van der Waals surface area (Å²) in [5.41, 5.74) is 1.02. The maximum atomic E-state index is 13.7. The molecule has 0 spiro atoms. The van der Waals surface area contributed by atoms with Crippen LogP contribution in [-0.4, -0.2) is 76.5 Å². The molecule has 0 aliphatic carbocycles. The molecule has 0 atom stereocenters. The van der Waals surface area contributed by atoms with Crippen LogP contribution in [0, 0.1) is 5.82 Å². The van der Waals surface area contributed by atoms with Gasteiger partial charge in [0, 0.05) is 31.7 Å². The minimum Gasteiger partial charge on any atom is -0.493 e. The van der Waals surface area contributed by atoms with Crippen LogP contribution in [0.1, 0.15) is 10.4 Å². The van der Waals surface area contributed by atoms with E-state index in [1.807, 2.05) is 0 Å². The van der Waals surface area contributed by atoms with E-state index in [-0.39, 0.29) is 24.1 Å². The highest BCUT2D eigenvalue weighted by atomic mass is 35.5. The van der Waals surface area contributed by atoms with Crippen molar-refractivity contribution < 1.29 is 28.1 Å². The van der Waals surface area contributed by atoms with E-state index in [0.29, 0.717) is 64.5 Å². The SMILES string of the molecule is COc1cc(C(=O)N(CCN2CCOCC2)c2nc3ccc(F)cc3s2)cc(OC)c1OC.Cl. The molecule has 1 aliphatic heterocycles. The van der Waals surface area contributed by atoms with Gasteiger partial charge in [0.1, 0.15) is 5.82 Å². The molecule has 11 heteroatoms. The van der Waals surface area contributed by atoms with Crippen LogP contribution in [0.25, 0.3) is 10.2 Å². The number of nitrogens with zero attached hydrogens (tertiary/aromatic N) is 3. The number of ether oxygens (including phenoxy) is 4. The highest BCUT2D eigenvalue weighted by molar-refractivity contribution is 7.22. The number of thiazole rings is 1. The minimum absolute atomic E-state index is 0. The molecular weight excluding hydrogens is 485 g/mol. The molecule has 0 unspecified atom stereocenters. The largest absolute Gasteiger partial charge is 0.493 e. The van der Waals surface area contributed by atoms with Crippen molar-refractivity contribution in [3.05, 3.63) is 41.7 Å². The summed E-state index contributed by atoms with van der Waals surface area (Å²) in [5.74, 6) is 0.585. The number of carbonyl (C=O) groups is 1. The molecule has 1 aliphatic rings. The fourth-order valence-electron chi connectivity index (χ4n) is 3.71. The zero-order valence-electron chi connectivity index (χ0n) is 19.2. The minimum atomic E-state index is -0.339. The lowest BCUT2D eigenvalue weighted by molar-refractivity contribution is 0.0391. The molecule has 3 aromatic rings. The van der Waals surface area contributed by atoms with Crippen LogP contribution in [0.3, 0.4) is 0 Å². The molecule has 0 bridgehead atoms. The Bertz CT molecular complexity index is 1110. The van der Waals surface area contributed by atoms with Crippen molar-refractivity contribution in [3.8, 4) is 17.2 Å². The monoisotopic (exact) mass is 511 g/mol. The first-order chi connectivity index (χ1) is 16.0. The first-order valence-electron chi connectivity index (χ1n) is 10.5. The third-order valence-corrected chi connectivity index (χ3v) is 6.51. The molecule has 0 saturated carbocycles. The fraction of sp³-hybridized carbons (Fsp3) is 0.391. The van der Waals surface area contributed by atoms with Gasteiger partial charge < -0.3 is 18.9 Å². The van der Waals surface area contributed by atoms with Crippen molar-refractivity contribution >= 4 is 45.0 Å². The lowest BCUT2D eigenvalue weighted by atomic mass is 10.1. The Balaban J connectivity index is 0.00000324. The number of halogens is 2. The summed E-state index contributed by atoms with van der Waals surface area (Å²) in [6, 6.07) is 7.66. The Morgan fingerprint density at radius 2 is 1.79 bits per heavy atom. The number of amides is 1. The van der Waals surface area contributed by atoms with Crippen molar-refractivity contribution in [3.63, 3.8) is 0 Å². The van der Waals surface area contributed by atoms with Gasteiger partial charge in [-0.05, 0) is 30.3 Å². The summed E-state index contributed by atoms with van der Waals surface area (Å²) in [4.78, 5) is 22.2. The number of hydrogen-bond acceptors (Lipinski definition) is 8. The van der Waals surface area contributed by atoms with Crippen molar-refractivity contribution in [2.24, 2.45) is 0 Å². The highest BCUT2D eigenvalue weighted by Crippen LogP contribution is 2.39. The van der Waals surface area contributed by atoms with Crippen LogP contribution in [0.4, 0.5) is 9.52 Å². The van der Waals surface area contributed by atoms with Crippen molar-refractivity contribution in [1.82, 2.24) is 9.88 Å².